The largest absolute Gasteiger partial charge is 0.493 e. The van der Waals surface area contributed by atoms with Crippen LogP contribution in [0.15, 0.2) is 40.9 Å². The Hall–Kier alpha value is -2.77. The predicted molar refractivity (Wildman–Crippen MR) is 118 cm³/mol. The van der Waals surface area contributed by atoms with Gasteiger partial charge in [0.15, 0.2) is 11.5 Å². The van der Waals surface area contributed by atoms with Crippen LogP contribution < -0.4 is 14.2 Å². The van der Waals surface area contributed by atoms with E-state index in [0.29, 0.717) is 47.0 Å². The van der Waals surface area contributed by atoms with Crippen LogP contribution in [0.3, 0.4) is 0 Å². The second-order valence-corrected chi connectivity index (χ2v) is 7.96. The highest BCUT2D eigenvalue weighted by atomic mass is 35.5. The van der Waals surface area contributed by atoms with Gasteiger partial charge in [-0.2, -0.15) is 4.98 Å². The molecule has 0 N–H and O–H groups in total. The Labute approximate surface area is 186 Å². The van der Waals surface area contributed by atoms with E-state index in [1.54, 1.807) is 27.4 Å². The van der Waals surface area contributed by atoms with E-state index in [1.807, 2.05) is 18.2 Å². The first-order valence-corrected chi connectivity index (χ1v) is 10.6. The molecule has 2 aromatic carbocycles. The molecule has 1 aromatic heterocycles. The molecule has 2 heterocycles. The molecule has 8 heteroatoms. The van der Waals surface area contributed by atoms with E-state index in [9.17, 15) is 0 Å². The number of methoxy groups -OCH3 is 3. The summed E-state index contributed by atoms with van der Waals surface area (Å²) in [6.07, 6.45) is 2.29. The standard InChI is InChI=1S/C23H26ClN3O4/c1-28-19-11-10-18(21(29-2)22(19)30-3)23-25-20(31-26-23)14-27-12-4-5-16(13-27)15-6-8-17(24)9-7-15/h6-11,16H,4-5,12-14H2,1-3H3/t16-/m1/s1. The Morgan fingerprint density at radius 1 is 1.03 bits per heavy atom. The van der Waals surface area contributed by atoms with Gasteiger partial charge in [0.05, 0.1) is 33.4 Å². The minimum atomic E-state index is 0.457. The van der Waals surface area contributed by atoms with Crippen LogP contribution in [0.4, 0.5) is 0 Å². The lowest BCUT2D eigenvalue weighted by Crippen LogP contribution is -2.34. The van der Waals surface area contributed by atoms with Gasteiger partial charge in [-0.25, -0.2) is 0 Å². The maximum absolute atomic E-state index is 6.04. The van der Waals surface area contributed by atoms with Gasteiger partial charge in [0.2, 0.25) is 17.5 Å². The first kappa shape index (κ1) is 21.5. The minimum absolute atomic E-state index is 0.457. The number of hydrogen-bond acceptors (Lipinski definition) is 7. The maximum atomic E-state index is 6.04. The van der Waals surface area contributed by atoms with Gasteiger partial charge in [0.25, 0.3) is 0 Å². The second-order valence-electron chi connectivity index (χ2n) is 7.52. The van der Waals surface area contributed by atoms with Crippen molar-refractivity contribution in [1.82, 2.24) is 15.0 Å². The van der Waals surface area contributed by atoms with Gasteiger partial charge in [0.1, 0.15) is 0 Å². The summed E-state index contributed by atoms with van der Waals surface area (Å²) in [5, 5.41) is 4.94. The summed E-state index contributed by atoms with van der Waals surface area (Å²) in [5.41, 5.74) is 2.00. The third-order valence-electron chi connectivity index (χ3n) is 5.62. The summed E-state index contributed by atoms with van der Waals surface area (Å²) in [6.45, 7) is 2.55. The van der Waals surface area contributed by atoms with E-state index < -0.39 is 0 Å². The number of ether oxygens (including phenoxy) is 3. The molecule has 0 radical (unpaired) electrons. The molecule has 1 fully saturated rings. The van der Waals surface area contributed by atoms with Gasteiger partial charge in [0, 0.05) is 11.6 Å². The zero-order chi connectivity index (χ0) is 21.8. The van der Waals surface area contributed by atoms with Gasteiger partial charge < -0.3 is 18.7 Å². The molecule has 1 atom stereocenters. The molecule has 1 aliphatic heterocycles. The van der Waals surface area contributed by atoms with E-state index in [4.69, 9.17) is 30.3 Å². The lowest BCUT2D eigenvalue weighted by Gasteiger charge is -2.32. The Bertz CT molecular complexity index is 1020. The van der Waals surface area contributed by atoms with E-state index in [-0.39, 0.29) is 0 Å². The van der Waals surface area contributed by atoms with E-state index in [1.165, 1.54) is 5.56 Å². The molecule has 3 aromatic rings. The van der Waals surface area contributed by atoms with Crippen LogP contribution in [-0.2, 0) is 6.54 Å². The number of hydrogen-bond donors (Lipinski definition) is 0. The fourth-order valence-corrected chi connectivity index (χ4v) is 4.23. The quantitative estimate of drug-likeness (QED) is 0.519. The van der Waals surface area contributed by atoms with Crippen molar-refractivity contribution in [3.05, 3.63) is 52.9 Å². The average Bonchev–Trinajstić information content (AvgIpc) is 3.26. The highest BCUT2D eigenvalue weighted by molar-refractivity contribution is 6.30. The van der Waals surface area contributed by atoms with E-state index >= 15 is 0 Å². The molecular formula is C23H26ClN3O4. The smallest absolute Gasteiger partial charge is 0.241 e. The molecule has 0 unspecified atom stereocenters. The lowest BCUT2D eigenvalue weighted by atomic mass is 9.91. The van der Waals surface area contributed by atoms with Crippen LogP contribution in [-0.4, -0.2) is 49.5 Å². The molecule has 7 nitrogen and oxygen atoms in total. The third kappa shape index (κ3) is 4.62. The fraction of sp³-hybridized carbons (Fsp3) is 0.391. The summed E-state index contributed by atoms with van der Waals surface area (Å²) < 4.78 is 21.9. The summed E-state index contributed by atoms with van der Waals surface area (Å²) in [4.78, 5) is 6.96. The number of piperidine rings is 1. The maximum Gasteiger partial charge on any atom is 0.241 e. The Balaban J connectivity index is 1.50. The molecule has 31 heavy (non-hydrogen) atoms. The lowest BCUT2D eigenvalue weighted by molar-refractivity contribution is 0.177. The average molecular weight is 444 g/mol. The molecule has 0 aliphatic carbocycles. The normalized spacial score (nSPS) is 16.8. The van der Waals surface area contributed by atoms with Gasteiger partial charge >= 0.3 is 0 Å². The molecule has 4 rings (SSSR count). The summed E-state index contributed by atoms with van der Waals surface area (Å²) in [5.74, 6) is 3.08. The van der Waals surface area contributed by atoms with Crippen molar-refractivity contribution in [2.75, 3.05) is 34.4 Å². The first-order valence-electron chi connectivity index (χ1n) is 10.2. The van der Waals surface area contributed by atoms with Crippen molar-refractivity contribution >= 4 is 11.6 Å². The van der Waals surface area contributed by atoms with Crippen molar-refractivity contribution in [3.63, 3.8) is 0 Å². The number of benzene rings is 2. The van der Waals surface area contributed by atoms with Gasteiger partial charge in [-0.1, -0.05) is 28.9 Å². The summed E-state index contributed by atoms with van der Waals surface area (Å²) >= 11 is 6.04. The number of aromatic nitrogens is 2. The highest BCUT2D eigenvalue weighted by Gasteiger charge is 2.24. The molecule has 0 amide bonds. The van der Waals surface area contributed by atoms with Gasteiger partial charge in [-0.15, -0.1) is 0 Å². The van der Waals surface area contributed by atoms with E-state index in [0.717, 1.165) is 31.0 Å². The number of nitrogens with zero attached hydrogens (tertiary/aromatic N) is 3. The fourth-order valence-electron chi connectivity index (χ4n) is 4.10. The summed E-state index contributed by atoms with van der Waals surface area (Å²) in [6, 6.07) is 11.8. The van der Waals surface area contributed by atoms with Crippen molar-refractivity contribution in [2.45, 2.75) is 25.3 Å². The molecule has 0 bridgehead atoms. The Morgan fingerprint density at radius 3 is 2.52 bits per heavy atom. The number of rotatable bonds is 7. The molecule has 1 aliphatic rings. The van der Waals surface area contributed by atoms with Crippen LogP contribution in [0.1, 0.15) is 30.2 Å². The molecule has 164 valence electrons. The van der Waals surface area contributed by atoms with Crippen LogP contribution in [0.2, 0.25) is 5.02 Å². The van der Waals surface area contributed by atoms with Gasteiger partial charge in [-0.3, -0.25) is 4.90 Å². The summed E-state index contributed by atoms with van der Waals surface area (Å²) in [7, 11) is 4.73. The zero-order valence-electron chi connectivity index (χ0n) is 17.9. The van der Waals surface area contributed by atoms with Crippen molar-refractivity contribution in [3.8, 4) is 28.6 Å². The number of halogens is 1. The monoisotopic (exact) mass is 443 g/mol. The van der Waals surface area contributed by atoms with Crippen LogP contribution >= 0.6 is 11.6 Å². The second kappa shape index (κ2) is 9.58. The van der Waals surface area contributed by atoms with E-state index in [2.05, 4.69) is 27.2 Å². The van der Waals surface area contributed by atoms with Crippen LogP contribution in [0.5, 0.6) is 17.2 Å². The zero-order valence-corrected chi connectivity index (χ0v) is 18.7. The van der Waals surface area contributed by atoms with Crippen LogP contribution in [0.25, 0.3) is 11.4 Å². The number of likely N-dealkylation sites (tertiary alicyclic amines) is 1. The highest BCUT2D eigenvalue weighted by Crippen LogP contribution is 2.43. The van der Waals surface area contributed by atoms with Gasteiger partial charge in [-0.05, 0) is 55.1 Å². The van der Waals surface area contributed by atoms with Crippen molar-refractivity contribution in [1.29, 1.82) is 0 Å². The van der Waals surface area contributed by atoms with Crippen molar-refractivity contribution in [2.24, 2.45) is 0 Å². The van der Waals surface area contributed by atoms with Crippen LogP contribution in [0, 0.1) is 0 Å². The van der Waals surface area contributed by atoms with Crippen molar-refractivity contribution < 1.29 is 18.7 Å². The predicted octanol–water partition coefficient (Wildman–Crippen LogP) is 4.80. The third-order valence-corrected chi connectivity index (χ3v) is 5.87. The topological polar surface area (TPSA) is 69.9 Å². The first-order chi connectivity index (χ1) is 15.1. The molecule has 0 saturated carbocycles. The minimum Gasteiger partial charge on any atom is -0.493 e. The molecule has 0 spiro atoms. The molecular weight excluding hydrogens is 418 g/mol. The Kier molecular flexibility index (Phi) is 6.63. The SMILES string of the molecule is COc1ccc(-c2noc(CN3CCC[C@@H](c4ccc(Cl)cc4)C3)n2)c(OC)c1OC. The Morgan fingerprint density at radius 2 is 1.81 bits per heavy atom. The molecule has 1 saturated heterocycles.